The van der Waals surface area contributed by atoms with Crippen LogP contribution in [0.1, 0.15) is 188 Å². The molecule has 0 saturated carbocycles. The quantitative estimate of drug-likeness (QED) is 0.0203. The van der Waals surface area contributed by atoms with Crippen LogP contribution in [0.5, 0.6) is 0 Å². The van der Waals surface area contributed by atoms with Crippen molar-refractivity contribution in [3.05, 3.63) is 97.2 Å². The molecule has 0 aliphatic rings. The van der Waals surface area contributed by atoms with E-state index in [-0.39, 0.29) is 37.5 Å². The molecule has 0 aromatic rings. The average molecular weight is 791 g/mol. The van der Waals surface area contributed by atoms with Gasteiger partial charge in [0.05, 0.1) is 0 Å². The van der Waals surface area contributed by atoms with Gasteiger partial charge in [0, 0.05) is 19.3 Å². The van der Waals surface area contributed by atoms with Crippen molar-refractivity contribution in [2.24, 2.45) is 0 Å². The predicted octanol–water partition coefficient (Wildman–Crippen LogP) is 14.6. The SMILES string of the molecule is CC/C=C\C/C=C\C/C=C\CCCCC(=O)OCC(COC(=O)CCCCCCCC/C=C\C=C/CCCCC)OC(=O)CCCC/C=C\C/C=C\C/C=C\CC. The summed E-state index contributed by atoms with van der Waals surface area (Å²) in [7, 11) is 0. The number of carbonyl (C=O) groups is 3. The Balaban J connectivity index is 4.52. The zero-order valence-electron chi connectivity index (χ0n) is 36.6. The van der Waals surface area contributed by atoms with Gasteiger partial charge in [0.15, 0.2) is 6.10 Å². The van der Waals surface area contributed by atoms with Crippen LogP contribution in [-0.4, -0.2) is 37.2 Å². The largest absolute Gasteiger partial charge is 0.462 e. The number of unbranched alkanes of at least 4 members (excludes halogenated alkanes) is 13. The van der Waals surface area contributed by atoms with Gasteiger partial charge in [-0.2, -0.15) is 0 Å². The van der Waals surface area contributed by atoms with E-state index in [1.54, 1.807) is 0 Å². The Hall–Kier alpha value is -3.67. The number of allylic oxidation sites excluding steroid dienone is 16. The van der Waals surface area contributed by atoms with Gasteiger partial charge in [-0.25, -0.2) is 0 Å². The second-order valence-corrected chi connectivity index (χ2v) is 14.6. The highest BCUT2D eigenvalue weighted by atomic mass is 16.6. The lowest BCUT2D eigenvalue weighted by atomic mass is 10.1. The summed E-state index contributed by atoms with van der Waals surface area (Å²) in [6.45, 7) is 6.26. The predicted molar refractivity (Wildman–Crippen MR) is 242 cm³/mol. The Bertz CT molecular complexity index is 1180. The third-order valence-electron chi connectivity index (χ3n) is 9.08. The van der Waals surface area contributed by atoms with Crippen LogP contribution in [0.25, 0.3) is 0 Å². The molecular weight excluding hydrogens is 709 g/mol. The number of hydrogen-bond acceptors (Lipinski definition) is 6. The van der Waals surface area contributed by atoms with E-state index in [1.165, 1.54) is 38.5 Å². The number of rotatable bonds is 39. The average Bonchev–Trinajstić information content (AvgIpc) is 3.21. The first-order valence-corrected chi connectivity index (χ1v) is 22.8. The summed E-state index contributed by atoms with van der Waals surface area (Å²) in [5, 5.41) is 0. The maximum absolute atomic E-state index is 12.7. The van der Waals surface area contributed by atoms with Gasteiger partial charge >= 0.3 is 17.9 Å². The molecule has 57 heavy (non-hydrogen) atoms. The fourth-order valence-electron chi connectivity index (χ4n) is 5.69. The molecule has 6 nitrogen and oxygen atoms in total. The molecule has 1 atom stereocenters. The number of esters is 3. The summed E-state index contributed by atoms with van der Waals surface area (Å²) in [5.74, 6) is -1.02. The van der Waals surface area contributed by atoms with Crippen LogP contribution in [0, 0.1) is 0 Å². The number of hydrogen-bond donors (Lipinski definition) is 0. The van der Waals surface area contributed by atoms with Crippen LogP contribution in [0.2, 0.25) is 0 Å². The molecule has 0 amide bonds. The minimum atomic E-state index is -0.816. The van der Waals surface area contributed by atoms with E-state index in [0.717, 1.165) is 103 Å². The monoisotopic (exact) mass is 791 g/mol. The summed E-state index contributed by atoms with van der Waals surface area (Å²) in [5.41, 5.74) is 0. The zero-order valence-corrected chi connectivity index (χ0v) is 36.6. The molecule has 0 fully saturated rings. The van der Waals surface area contributed by atoms with Gasteiger partial charge in [0.1, 0.15) is 13.2 Å². The maximum atomic E-state index is 12.7. The molecular formula is C51H82O6. The molecule has 1 unspecified atom stereocenters. The number of carbonyl (C=O) groups excluding carboxylic acids is 3. The van der Waals surface area contributed by atoms with E-state index in [9.17, 15) is 14.4 Å². The van der Waals surface area contributed by atoms with Crippen LogP contribution in [0.15, 0.2) is 97.2 Å². The van der Waals surface area contributed by atoms with Crippen molar-refractivity contribution in [2.75, 3.05) is 13.2 Å². The molecule has 0 rings (SSSR count). The van der Waals surface area contributed by atoms with Gasteiger partial charge < -0.3 is 14.2 Å². The topological polar surface area (TPSA) is 78.9 Å². The van der Waals surface area contributed by atoms with Crippen molar-refractivity contribution in [3.8, 4) is 0 Å². The normalized spacial score (nSPS) is 13.0. The van der Waals surface area contributed by atoms with Gasteiger partial charge in [-0.05, 0) is 109 Å². The van der Waals surface area contributed by atoms with E-state index < -0.39 is 6.10 Å². The molecule has 6 heteroatoms. The van der Waals surface area contributed by atoms with Crippen molar-refractivity contribution in [2.45, 2.75) is 194 Å². The van der Waals surface area contributed by atoms with Crippen molar-refractivity contribution in [1.82, 2.24) is 0 Å². The fraction of sp³-hybridized carbons (Fsp3) is 0.627. The lowest BCUT2D eigenvalue weighted by Gasteiger charge is -2.18. The Labute approximate surface area is 349 Å². The van der Waals surface area contributed by atoms with Crippen LogP contribution >= 0.6 is 0 Å². The second-order valence-electron chi connectivity index (χ2n) is 14.6. The van der Waals surface area contributed by atoms with E-state index in [4.69, 9.17) is 14.2 Å². The van der Waals surface area contributed by atoms with Gasteiger partial charge in [0.2, 0.25) is 0 Å². The standard InChI is InChI=1S/C51H82O6/c1-4-7-10-13-16-19-22-25-26-27-30-32-35-38-41-44-50(53)56-47-48(57-51(54)45-42-39-36-33-29-24-21-18-15-12-9-6-3)46-55-49(52)43-40-37-34-31-28-23-20-17-14-11-8-5-2/h8-9,11-12,16-22,25,28-29,31,33,48H,4-7,10,13-15,23-24,26-27,30,32,34-47H2,1-3H3/b11-8-,12-9-,19-16-,20-17-,21-18-,25-22-,31-28-,33-29-. The zero-order chi connectivity index (χ0) is 41.5. The second kappa shape index (κ2) is 45.0. The van der Waals surface area contributed by atoms with E-state index in [0.29, 0.717) is 19.3 Å². The summed E-state index contributed by atoms with van der Waals surface area (Å²) in [6.07, 6.45) is 58.2. The van der Waals surface area contributed by atoms with Crippen LogP contribution in [0.3, 0.4) is 0 Å². The highest BCUT2D eigenvalue weighted by molar-refractivity contribution is 5.71. The molecule has 322 valence electrons. The fourth-order valence-corrected chi connectivity index (χ4v) is 5.69. The summed E-state index contributed by atoms with van der Waals surface area (Å²) in [6, 6.07) is 0. The first-order valence-electron chi connectivity index (χ1n) is 22.8. The van der Waals surface area contributed by atoms with Crippen molar-refractivity contribution in [3.63, 3.8) is 0 Å². The van der Waals surface area contributed by atoms with Crippen LogP contribution in [-0.2, 0) is 28.6 Å². The third kappa shape index (κ3) is 43.3. The molecule has 0 saturated heterocycles. The third-order valence-corrected chi connectivity index (χ3v) is 9.08. The summed E-state index contributed by atoms with van der Waals surface area (Å²) in [4.78, 5) is 37.7. The lowest BCUT2D eigenvalue weighted by Crippen LogP contribution is -2.30. The van der Waals surface area contributed by atoms with Crippen LogP contribution < -0.4 is 0 Å². The van der Waals surface area contributed by atoms with Gasteiger partial charge in [-0.3, -0.25) is 14.4 Å². The lowest BCUT2D eigenvalue weighted by molar-refractivity contribution is -0.167. The molecule has 0 aromatic heterocycles. The Morgan fingerprint density at radius 3 is 1.21 bits per heavy atom. The molecule has 0 aliphatic carbocycles. The van der Waals surface area contributed by atoms with E-state index >= 15 is 0 Å². The van der Waals surface area contributed by atoms with E-state index in [1.807, 2.05) is 0 Å². The Morgan fingerprint density at radius 2 is 0.737 bits per heavy atom. The molecule has 0 N–H and O–H groups in total. The van der Waals surface area contributed by atoms with Crippen LogP contribution in [0.4, 0.5) is 0 Å². The first-order chi connectivity index (χ1) is 28.0. The first kappa shape index (κ1) is 53.3. The summed E-state index contributed by atoms with van der Waals surface area (Å²) < 4.78 is 16.6. The minimum Gasteiger partial charge on any atom is -0.462 e. The highest BCUT2D eigenvalue weighted by Crippen LogP contribution is 2.12. The molecule has 0 bridgehead atoms. The van der Waals surface area contributed by atoms with Gasteiger partial charge in [-0.1, -0.05) is 157 Å². The smallest absolute Gasteiger partial charge is 0.306 e. The Morgan fingerprint density at radius 1 is 0.386 bits per heavy atom. The van der Waals surface area contributed by atoms with Crippen molar-refractivity contribution >= 4 is 17.9 Å². The van der Waals surface area contributed by atoms with Gasteiger partial charge in [-0.15, -0.1) is 0 Å². The molecule has 0 aromatic carbocycles. The number of ether oxygens (including phenoxy) is 3. The van der Waals surface area contributed by atoms with Crippen molar-refractivity contribution in [1.29, 1.82) is 0 Å². The van der Waals surface area contributed by atoms with E-state index in [2.05, 4.69) is 118 Å². The van der Waals surface area contributed by atoms with Gasteiger partial charge in [0.25, 0.3) is 0 Å². The Kier molecular flexibility index (Phi) is 42.1. The summed E-state index contributed by atoms with van der Waals surface area (Å²) >= 11 is 0. The molecule has 0 spiro atoms. The molecule has 0 aliphatic heterocycles. The van der Waals surface area contributed by atoms with Crippen molar-refractivity contribution < 1.29 is 28.6 Å². The molecule has 0 heterocycles. The molecule has 0 radical (unpaired) electrons. The minimum absolute atomic E-state index is 0.113. The highest BCUT2D eigenvalue weighted by Gasteiger charge is 2.19. The maximum Gasteiger partial charge on any atom is 0.306 e.